The van der Waals surface area contributed by atoms with Gasteiger partial charge in [0, 0.05) is 53.8 Å². The topological polar surface area (TPSA) is 203 Å². The molecular weight excluding hydrogens is 676 g/mol. The molecule has 12 heteroatoms. The Morgan fingerprint density at radius 3 is 2.74 bits per heavy atom. The number of nitrogens with one attached hydrogen (secondary N) is 2. The number of ether oxygens (including phenoxy) is 2. The van der Waals surface area contributed by atoms with Crippen LogP contribution in [0.2, 0.25) is 0 Å². The summed E-state index contributed by atoms with van der Waals surface area (Å²) in [5.41, 5.74) is 16.0. The number of carbonyl (C=O) groups is 1. The van der Waals surface area contributed by atoms with Crippen molar-refractivity contribution in [3.05, 3.63) is 122 Å². The number of fused-ring (bicyclic) bond motifs is 4. The number of nitrogens with two attached hydrogens (primary N) is 2. The van der Waals surface area contributed by atoms with Crippen molar-refractivity contribution in [3.8, 4) is 17.2 Å². The van der Waals surface area contributed by atoms with Gasteiger partial charge in [-0.05, 0) is 86.9 Å². The summed E-state index contributed by atoms with van der Waals surface area (Å²) in [6, 6.07) is 8.12. The number of hydrogen-bond acceptors (Lipinski definition) is 12. The van der Waals surface area contributed by atoms with Crippen LogP contribution in [-0.4, -0.2) is 45.7 Å². The van der Waals surface area contributed by atoms with Crippen LogP contribution in [-0.2, 0) is 29.0 Å². The number of hydrogen-bond donors (Lipinski definition) is 7. The average molecular weight is 723 g/mol. The largest absolute Gasteiger partial charge is 0.508 e. The number of dihydropyridines is 2. The summed E-state index contributed by atoms with van der Waals surface area (Å²) in [6.07, 6.45) is 10.3. The van der Waals surface area contributed by atoms with Crippen LogP contribution in [0.15, 0.2) is 98.2 Å². The van der Waals surface area contributed by atoms with Crippen LogP contribution in [0.5, 0.6) is 17.2 Å². The Bertz CT molecular complexity index is 2200. The molecule has 0 spiro atoms. The maximum absolute atomic E-state index is 13.8. The molecule has 0 saturated heterocycles. The Hall–Kier alpha value is -5.46. The predicted octanol–water partition coefficient (Wildman–Crippen LogP) is 4.42. The lowest BCUT2D eigenvalue weighted by Crippen LogP contribution is -2.56. The first-order valence-corrected chi connectivity index (χ1v) is 18.0. The van der Waals surface area contributed by atoms with E-state index in [4.69, 9.17) is 25.4 Å². The van der Waals surface area contributed by atoms with Crippen molar-refractivity contribution >= 4 is 16.9 Å². The lowest BCUT2D eigenvalue weighted by Gasteiger charge is -2.48. The molecule has 278 valence electrons. The number of aliphatic hydroxyl groups excluding tert-OH is 1. The number of allylic oxidation sites excluding steroid dienone is 5. The Kier molecular flexibility index (Phi) is 9.60. The van der Waals surface area contributed by atoms with Gasteiger partial charge in [0.2, 0.25) is 0 Å². The van der Waals surface area contributed by atoms with E-state index in [2.05, 4.69) is 16.7 Å². The standard InChI is InChI=1S/C41H46N4O8/c1-4-21(2)40(50)52-32-18-30-36(49)35-31(48)17-26(20-46)51-38(35)34-29(16-22-6-5-7-25(47)15-22)27-12-13-44-39(43)28(27)10-9-24(41(32,3)53-37(30)34)14-23-8-11-33(42)45-19-23/h4-8,11-12,15,17,19,24,29,32-33,44-47,49H,9-10,13-14,16,18,20,42-43H2,1-3H3/b21-4-/t24-,29-,32+,33?,41-/m0/s1. The van der Waals surface area contributed by atoms with E-state index in [1.54, 1.807) is 38.1 Å². The van der Waals surface area contributed by atoms with Crippen LogP contribution in [0, 0.1) is 5.92 Å². The van der Waals surface area contributed by atoms with Crippen molar-refractivity contribution in [2.75, 3.05) is 6.54 Å². The van der Waals surface area contributed by atoms with Crippen LogP contribution in [0.3, 0.4) is 0 Å². The summed E-state index contributed by atoms with van der Waals surface area (Å²) in [6.45, 7) is 5.26. The molecular formula is C41H46N4O8. The molecule has 0 radical (unpaired) electrons. The van der Waals surface area contributed by atoms with Crippen molar-refractivity contribution in [3.63, 3.8) is 0 Å². The summed E-state index contributed by atoms with van der Waals surface area (Å²) in [7, 11) is 0. The molecule has 2 bridgehead atoms. The number of phenolic OH excluding ortho intramolecular Hbond substituents is 2. The minimum absolute atomic E-state index is 0.0210. The van der Waals surface area contributed by atoms with E-state index in [1.807, 2.05) is 31.3 Å². The Morgan fingerprint density at radius 2 is 2.02 bits per heavy atom. The molecule has 5 atom stereocenters. The fourth-order valence-corrected chi connectivity index (χ4v) is 8.13. The van der Waals surface area contributed by atoms with Crippen molar-refractivity contribution in [2.24, 2.45) is 17.4 Å². The lowest BCUT2D eigenvalue weighted by molar-refractivity contribution is -0.165. The van der Waals surface area contributed by atoms with Gasteiger partial charge in [0.1, 0.15) is 52.3 Å². The smallest absolute Gasteiger partial charge is 0.333 e. The van der Waals surface area contributed by atoms with Crippen LogP contribution in [0.25, 0.3) is 11.0 Å². The number of phenols is 2. The molecule has 1 unspecified atom stereocenters. The normalized spacial score (nSPS) is 25.3. The molecule has 7 rings (SSSR count). The molecule has 4 aliphatic heterocycles. The maximum Gasteiger partial charge on any atom is 0.333 e. The van der Waals surface area contributed by atoms with Gasteiger partial charge in [0.15, 0.2) is 5.43 Å². The van der Waals surface area contributed by atoms with E-state index in [0.29, 0.717) is 60.5 Å². The highest BCUT2D eigenvalue weighted by Gasteiger charge is 2.52. The van der Waals surface area contributed by atoms with Crippen molar-refractivity contribution in [2.45, 2.75) is 83.3 Å². The number of benzene rings is 2. The molecule has 0 amide bonds. The van der Waals surface area contributed by atoms with E-state index in [0.717, 1.165) is 22.3 Å². The Balaban J connectivity index is 1.54. The second kappa shape index (κ2) is 14.2. The molecule has 5 heterocycles. The number of esters is 1. The molecule has 9 N–H and O–H groups in total. The molecule has 12 nitrogen and oxygen atoms in total. The molecule has 3 aromatic rings. The van der Waals surface area contributed by atoms with Crippen molar-refractivity contribution in [1.82, 2.24) is 10.6 Å². The Morgan fingerprint density at radius 1 is 1.21 bits per heavy atom. The fraction of sp³-hybridized carbons (Fsp3) is 0.366. The molecule has 2 aromatic carbocycles. The highest BCUT2D eigenvalue weighted by atomic mass is 16.6. The third-order valence-electron chi connectivity index (χ3n) is 11.2. The molecule has 4 aliphatic rings. The van der Waals surface area contributed by atoms with Crippen LogP contribution < -0.4 is 32.3 Å². The molecule has 0 saturated carbocycles. The van der Waals surface area contributed by atoms with E-state index >= 15 is 0 Å². The minimum Gasteiger partial charge on any atom is -0.508 e. The maximum atomic E-state index is 13.8. The Labute approximate surface area is 307 Å². The summed E-state index contributed by atoms with van der Waals surface area (Å²) < 4.78 is 19.9. The van der Waals surface area contributed by atoms with Gasteiger partial charge in [-0.15, -0.1) is 0 Å². The zero-order valence-corrected chi connectivity index (χ0v) is 30.1. The summed E-state index contributed by atoms with van der Waals surface area (Å²) in [5.74, 6) is -0.743. The van der Waals surface area contributed by atoms with Crippen LogP contribution in [0.1, 0.15) is 68.4 Å². The number of aromatic hydroxyl groups is 2. The highest BCUT2D eigenvalue weighted by molar-refractivity contribution is 5.92. The van der Waals surface area contributed by atoms with Gasteiger partial charge in [0.25, 0.3) is 0 Å². The van der Waals surface area contributed by atoms with Gasteiger partial charge in [-0.1, -0.05) is 30.4 Å². The predicted molar refractivity (Wildman–Crippen MR) is 200 cm³/mol. The third-order valence-corrected chi connectivity index (χ3v) is 11.2. The van der Waals surface area contributed by atoms with E-state index in [1.165, 1.54) is 6.07 Å². The quantitative estimate of drug-likeness (QED) is 0.134. The van der Waals surface area contributed by atoms with Crippen molar-refractivity contribution in [1.29, 1.82) is 0 Å². The molecule has 53 heavy (non-hydrogen) atoms. The molecule has 0 aliphatic carbocycles. The van der Waals surface area contributed by atoms with Gasteiger partial charge in [-0.25, -0.2) is 4.79 Å². The van der Waals surface area contributed by atoms with Gasteiger partial charge < -0.3 is 51.3 Å². The number of rotatable bonds is 7. The van der Waals surface area contributed by atoms with E-state index in [9.17, 15) is 24.9 Å². The van der Waals surface area contributed by atoms with Gasteiger partial charge in [0.05, 0.1) is 12.0 Å². The minimum atomic E-state index is -1.18. The zero-order chi connectivity index (χ0) is 37.6. The van der Waals surface area contributed by atoms with E-state index < -0.39 is 35.6 Å². The van der Waals surface area contributed by atoms with Gasteiger partial charge >= 0.3 is 5.97 Å². The SMILES string of the molecule is C/C=C(/C)C(=O)O[C@@H]1Cc2c3c(c4oc(CO)cc(=O)c4c2O)[C@@H](Cc2cccc(O)c2)C2=CCNC(N)=C2CC[C@@H](CC2=CNC(N)C=C2)[C@]1(C)O3. The summed E-state index contributed by atoms with van der Waals surface area (Å²) in [5, 5.41) is 39.1. The molecule has 0 fully saturated rings. The van der Waals surface area contributed by atoms with Crippen molar-refractivity contribution < 1.29 is 34.0 Å². The van der Waals surface area contributed by atoms with E-state index in [-0.39, 0.29) is 46.7 Å². The lowest BCUT2D eigenvalue weighted by atomic mass is 9.70. The van der Waals surface area contributed by atoms with Gasteiger partial charge in [-0.2, -0.15) is 0 Å². The fourth-order valence-electron chi connectivity index (χ4n) is 8.13. The first-order valence-electron chi connectivity index (χ1n) is 18.0. The zero-order valence-electron chi connectivity index (χ0n) is 30.1. The average Bonchev–Trinajstić information content (AvgIpc) is 3.13. The monoisotopic (exact) mass is 722 g/mol. The first-order chi connectivity index (χ1) is 25.4. The number of aliphatic hydroxyl groups is 1. The van der Waals surface area contributed by atoms with Gasteiger partial charge in [-0.3, -0.25) is 4.79 Å². The third kappa shape index (κ3) is 6.57. The van der Waals surface area contributed by atoms with Crippen LogP contribution >= 0.6 is 0 Å². The first kappa shape index (κ1) is 35.9. The summed E-state index contributed by atoms with van der Waals surface area (Å²) in [4.78, 5) is 27.3. The van der Waals surface area contributed by atoms with Crippen LogP contribution in [0.4, 0.5) is 0 Å². The highest BCUT2D eigenvalue weighted by Crippen LogP contribution is 2.55. The summed E-state index contributed by atoms with van der Waals surface area (Å²) >= 11 is 0. The second-order valence-electron chi connectivity index (χ2n) is 14.4. The number of carbonyl (C=O) groups excluding carboxylic acids is 1. The molecule has 1 aromatic heterocycles. The second-order valence-corrected chi connectivity index (χ2v) is 14.4.